The molecule has 2 unspecified atom stereocenters. The molecular formula is C45H31NO7P2. The van der Waals surface area contributed by atoms with E-state index in [1.54, 1.807) is 60.7 Å². The summed E-state index contributed by atoms with van der Waals surface area (Å²) in [6, 6.07) is 47.6. The van der Waals surface area contributed by atoms with Gasteiger partial charge in [0.05, 0.1) is 28.3 Å². The summed E-state index contributed by atoms with van der Waals surface area (Å²) in [5, 5.41) is 12.3. The fourth-order valence-electron chi connectivity index (χ4n) is 7.13. The number of fused-ring (bicyclic) bond motifs is 6. The largest absolute Gasteiger partial charge is 0.496 e. The van der Waals surface area contributed by atoms with Crippen molar-refractivity contribution in [1.29, 1.82) is 5.26 Å². The Bertz CT molecular complexity index is 2830. The molecule has 0 saturated heterocycles. The number of nitriles is 1. The van der Waals surface area contributed by atoms with Crippen molar-refractivity contribution in [3.05, 3.63) is 163 Å². The van der Waals surface area contributed by atoms with Gasteiger partial charge in [-0.1, -0.05) is 84.9 Å². The second kappa shape index (κ2) is 13.4. The summed E-state index contributed by atoms with van der Waals surface area (Å²) in [5.74, 6) is 2.32. The molecule has 7 aromatic carbocycles. The molecule has 268 valence electrons. The van der Waals surface area contributed by atoms with Gasteiger partial charge in [0, 0.05) is 11.1 Å². The van der Waals surface area contributed by atoms with Gasteiger partial charge in [-0.2, -0.15) is 5.26 Å². The van der Waals surface area contributed by atoms with Crippen LogP contribution in [0.15, 0.2) is 152 Å². The van der Waals surface area contributed by atoms with Crippen LogP contribution in [-0.4, -0.2) is 7.11 Å². The first kappa shape index (κ1) is 34.3. The Labute approximate surface area is 318 Å². The maximum Gasteiger partial charge on any atom is 0.311 e. The van der Waals surface area contributed by atoms with E-state index in [-0.39, 0.29) is 22.8 Å². The molecule has 0 radical (unpaired) electrons. The molecule has 9 rings (SSSR count). The van der Waals surface area contributed by atoms with Crippen LogP contribution in [0.2, 0.25) is 0 Å². The lowest BCUT2D eigenvalue weighted by Gasteiger charge is -2.30. The van der Waals surface area contributed by atoms with Crippen molar-refractivity contribution in [2.24, 2.45) is 0 Å². The van der Waals surface area contributed by atoms with Gasteiger partial charge in [0.25, 0.3) is 0 Å². The first-order valence-corrected chi connectivity index (χ1v) is 20.7. The van der Waals surface area contributed by atoms with Crippen molar-refractivity contribution in [2.45, 2.75) is 6.92 Å². The fourth-order valence-corrected chi connectivity index (χ4v) is 12.0. The summed E-state index contributed by atoms with van der Waals surface area (Å²) in [7, 11) is -5.99. The van der Waals surface area contributed by atoms with E-state index in [1.165, 1.54) is 7.11 Å². The quantitative estimate of drug-likeness (QED) is 0.148. The summed E-state index contributed by atoms with van der Waals surface area (Å²) in [5.41, 5.74) is 4.28. The number of hydrogen-bond acceptors (Lipinski definition) is 8. The van der Waals surface area contributed by atoms with Crippen molar-refractivity contribution < 1.29 is 32.4 Å². The normalized spacial score (nSPS) is 17.5. The molecule has 0 saturated carbocycles. The van der Waals surface area contributed by atoms with E-state index in [2.05, 4.69) is 6.07 Å². The van der Waals surface area contributed by atoms with Crippen molar-refractivity contribution in [3.8, 4) is 68.6 Å². The molecule has 8 nitrogen and oxygen atoms in total. The van der Waals surface area contributed by atoms with E-state index in [9.17, 15) is 5.26 Å². The highest BCUT2D eigenvalue weighted by Crippen LogP contribution is 2.57. The molecule has 0 amide bonds. The van der Waals surface area contributed by atoms with Crippen LogP contribution in [-0.2, 0) is 9.13 Å². The maximum atomic E-state index is 15.2. The van der Waals surface area contributed by atoms with Gasteiger partial charge in [-0.3, -0.25) is 9.13 Å². The lowest BCUT2D eigenvalue weighted by molar-refractivity contribution is 0.414. The van der Waals surface area contributed by atoms with Crippen molar-refractivity contribution in [1.82, 2.24) is 0 Å². The topological polar surface area (TPSA) is 104 Å². The predicted molar refractivity (Wildman–Crippen MR) is 214 cm³/mol. The van der Waals surface area contributed by atoms with Crippen LogP contribution in [0.1, 0.15) is 11.1 Å². The number of nitrogens with zero attached hydrogens (tertiary/aromatic N) is 1. The number of ether oxygens (including phenoxy) is 3. The molecular weight excluding hydrogens is 728 g/mol. The lowest BCUT2D eigenvalue weighted by Crippen LogP contribution is -2.26. The van der Waals surface area contributed by atoms with Crippen molar-refractivity contribution in [2.75, 3.05) is 7.11 Å². The summed E-state index contributed by atoms with van der Waals surface area (Å²) in [6.45, 7) is 1.91. The van der Waals surface area contributed by atoms with Gasteiger partial charge in [0.1, 0.15) is 51.9 Å². The second-order valence-electron chi connectivity index (χ2n) is 13.1. The Morgan fingerprint density at radius 3 is 1.60 bits per heavy atom. The maximum absolute atomic E-state index is 15.2. The highest BCUT2D eigenvalue weighted by Gasteiger charge is 2.42. The summed E-state index contributed by atoms with van der Waals surface area (Å²) in [4.78, 5) is 0. The minimum atomic E-state index is -3.75. The van der Waals surface area contributed by atoms with Crippen molar-refractivity contribution >= 4 is 36.0 Å². The Morgan fingerprint density at radius 1 is 0.509 bits per heavy atom. The zero-order valence-electron chi connectivity index (χ0n) is 29.6. The molecule has 0 spiro atoms. The number of aryl methyl sites for hydroxylation is 1. The molecule has 10 heteroatoms. The van der Waals surface area contributed by atoms with E-state index in [0.717, 1.165) is 27.8 Å². The molecule has 2 heterocycles. The molecule has 0 N–H and O–H groups in total. The number of benzene rings is 7. The van der Waals surface area contributed by atoms with Crippen LogP contribution in [0.25, 0.3) is 22.3 Å². The number of para-hydroxylation sites is 2. The Balaban J connectivity index is 1.09. The zero-order chi connectivity index (χ0) is 37.7. The predicted octanol–water partition coefficient (Wildman–Crippen LogP) is 10.0. The third kappa shape index (κ3) is 5.68. The first-order valence-electron chi connectivity index (χ1n) is 17.5. The van der Waals surface area contributed by atoms with Crippen LogP contribution < -0.4 is 44.5 Å². The Kier molecular flexibility index (Phi) is 8.36. The molecule has 0 bridgehead atoms. The van der Waals surface area contributed by atoms with Gasteiger partial charge in [0.2, 0.25) is 0 Å². The third-order valence-electron chi connectivity index (χ3n) is 9.70. The van der Waals surface area contributed by atoms with Gasteiger partial charge in [-0.15, -0.1) is 0 Å². The molecule has 0 aliphatic carbocycles. The van der Waals surface area contributed by atoms with Crippen molar-refractivity contribution in [3.63, 3.8) is 0 Å². The summed E-state index contributed by atoms with van der Waals surface area (Å²) >= 11 is 0. The third-order valence-corrected chi connectivity index (χ3v) is 14.6. The monoisotopic (exact) mass is 759 g/mol. The van der Waals surface area contributed by atoms with Crippen LogP contribution in [0, 0.1) is 18.3 Å². The summed E-state index contributed by atoms with van der Waals surface area (Å²) in [6.07, 6.45) is 0. The van der Waals surface area contributed by atoms with E-state index >= 15 is 9.13 Å². The van der Waals surface area contributed by atoms with Gasteiger partial charge in [0.15, 0.2) is 0 Å². The zero-order valence-corrected chi connectivity index (χ0v) is 31.4. The molecule has 2 atom stereocenters. The summed E-state index contributed by atoms with van der Waals surface area (Å²) < 4.78 is 61.6. The lowest BCUT2D eigenvalue weighted by atomic mass is 10.0. The molecule has 0 fully saturated rings. The van der Waals surface area contributed by atoms with Gasteiger partial charge in [-0.25, -0.2) is 0 Å². The molecule has 0 aromatic heterocycles. The van der Waals surface area contributed by atoms with Gasteiger partial charge < -0.3 is 23.3 Å². The number of rotatable bonds is 7. The molecule has 2 aliphatic rings. The average molecular weight is 760 g/mol. The van der Waals surface area contributed by atoms with Crippen LogP contribution >= 0.6 is 14.7 Å². The Morgan fingerprint density at radius 2 is 1.02 bits per heavy atom. The van der Waals surface area contributed by atoms with E-state index in [0.29, 0.717) is 44.2 Å². The van der Waals surface area contributed by atoms with E-state index < -0.39 is 14.7 Å². The molecule has 55 heavy (non-hydrogen) atoms. The Hall–Kier alpha value is -6.51. The van der Waals surface area contributed by atoms with Gasteiger partial charge >= 0.3 is 14.7 Å². The first-order chi connectivity index (χ1) is 26.8. The van der Waals surface area contributed by atoms with Crippen LogP contribution in [0.4, 0.5) is 0 Å². The van der Waals surface area contributed by atoms with Crippen LogP contribution in [0.3, 0.4) is 0 Å². The number of hydrogen-bond donors (Lipinski definition) is 0. The highest BCUT2D eigenvalue weighted by molar-refractivity contribution is 7.75. The average Bonchev–Trinajstić information content (AvgIpc) is 3.22. The molecule has 7 aromatic rings. The fraction of sp³-hybridized carbons (Fsp3) is 0.0444. The van der Waals surface area contributed by atoms with E-state index in [1.807, 2.05) is 97.9 Å². The SMILES string of the molecule is COc1ccc(Oc2cccc(Oc3ccc(C)cc3P3(=O)Oc4ccccc4-c4ccccc43)c2C#N)cc1P1(=O)Oc2ccccc2-c2ccccc21. The smallest absolute Gasteiger partial charge is 0.311 e. The van der Waals surface area contributed by atoms with Gasteiger partial charge in [-0.05, 0) is 90.3 Å². The minimum Gasteiger partial charge on any atom is -0.496 e. The number of methoxy groups -OCH3 is 1. The molecule has 2 aliphatic heterocycles. The highest BCUT2D eigenvalue weighted by atomic mass is 31.2. The minimum absolute atomic E-state index is 0.0970. The standard InChI is InChI=1S/C45H31NO7P2/c1-29-22-24-41(44(26-29)54(47)42-20-9-5-14-33(42)31-12-3-7-16-38(31)52-54)51-37-19-11-18-36(35(37)28-46)50-30-23-25-40(49-2)45(27-30)55(48)43-21-10-6-15-34(43)32-13-4-8-17-39(32)53-55/h3-27H,1-2H3. The second-order valence-corrected chi connectivity index (χ2v) is 17.6. The van der Waals surface area contributed by atoms with E-state index in [4.69, 9.17) is 23.3 Å². The van der Waals surface area contributed by atoms with Crippen LogP contribution in [0.5, 0.6) is 40.2 Å².